The maximum absolute atomic E-state index is 15.9. The number of nitrogens with zero attached hydrogens (tertiary/aromatic N) is 3. The summed E-state index contributed by atoms with van der Waals surface area (Å²) in [6, 6.07) is 11.3. The zero-order valence-corrected chi connectivity index (χ0v) is 19.4. The minimum atomic E-state index is -0.565. The molecule has 0 saturated carbocycles. The summed E-state index contributed by atoms with van der Waals surface area (Å²) < 4.78 is 32.0. The molecule has 0 bridgehead atoms. The highest BCUT2D eigenvalue weighted by Crippen LogP contribution is 2.36. The fraction of sp³-hybridized carbons (Fsp3) is 0.320. The van der Waals surface area contributed by atoms with E-state index in [-0.39, 0.29) is 23.3 Å². The first-order valence-electron chi connectivity index (χ1n) is 11.1. The Kier molecular flexibility index (Phi) is 6.71. The van der Waals surface area contributed by atoms with Gasteiger partial charge in [-0.25, -0.2) is 14.4 Å². The van der Waals surface area contributed by atoms with Crippen LogP contribution in [0.3, 0.4) is 0 Å². The molecule has 1 aliphatic heterocycles. The molecule has 2 aromatic carbocycles. The number of halogens is 2. The Bertz CT molecular complexity index is 1330. The Morgan fingerprint density at radius 1 is 1.15 bits per heavy atom. The first-order valence-corrected chi connectivity index (χ1v) is 11.5. The summed E-state index contributed by atoms with van der Waals surface area (Å²) in [5, 5.41) is 5.51. The molecule has 1 aliphatic rings. The van der Waals surface area contributed by atoms with E-state index in [1.54, 1.807) is 19.4 Å². The van der Waals surface area contributed by atoms with Crippen molar-refractivity contribution >= 4 is 39.1 Å². The van der Waals surface area contributed by atoms with E-state index in [9.17, 15) is 0 Å². The van der Waals surface area contributed by atoms with Gasteiger partial charge in [0.05, 0.1) is 5.39 Å². The highest BCUT2D eigenvalue weighted by Gasteiger charge is 2.20. The maximum Gasteiger partial charge on any atom is 0.225 e. The van der Waals surface area contributed by atoms with Gasteiger partial charge < -0.3 is 19.5 Å². The second-order valence-corrected chi connectivity index (χ2v) is 8.54. The van der Waals surface area contributed by atoms with Gasteiger partial charge in [0.25, 0.3) is 0 Å². The molecular formula is C25H24ClFN4O3. The SMILES string of the molecule is COCOc1cc(-c2ncc3c(NCC4CCOCC4)nc(Cl)nc3c2F)c2ccccc2c1. The fourth-order valence-electron chi connectivity index (χ4n) is 4.23. The average Bonchev–Trinajstić information content (AvgIpc) is 2.87. The molecule has 0 amide bonds. The van der Waals surface area contributed by atoms with Crippen LogP contribution in [0.1, 0.15) is 12.8 Å². The number of fused-ring (bicyclic) bond motifs is 2. The monoisotopic (exact) mass is 482 g/mol. The lowest BCUT2D eigenvalue weighted by Gasteiger charge is -2.22. The van der Waals surface area contributed by atoms with Crippen LogP contribution in [0.25, 0.3) is 32.9 Å². The summed E-state index contributed by atoms with van der Waals surface area (Å²) in [5.74, 6) is 0.915. The summed E-state index contributed by atoms with van der Waals surface area (Å²) in [4.78, 5) is 13.0. The van der Waals surface area contributed by atoms with Crippen molar-refractivity contribution < 1.29 is 18.6 Å². The first kappa shape index (κ1) is 22.7. The minimum absolute atomic E-state index is 0.0277. The van der Waals surface area contributed by atoms with E-state index in [0.717, 1.165) is 36.8 Å². The molecule has 0 radical (unpaired) electrons. The van der Waals surface area contributed by atoms with E-state index in [4.69, 9.17) is 25.8 Å². The van der Waals surface area contributed by atoms with Crippen LogP contribution in [0.15, 0.2) is 42.6 Å². The number of rotatable bonds is 7. The van der Waals surface area contributed by atoms with Crippen molar-refractivity contribution in [2.24, 2.45) is 5.92 Å². The van der Waals surface area contributed by atoms with Gasteiger partial charge in [-0.3, -0.25) is 4.98 Å². The Balaban J connectivity index is 1.57. The van der Waals surface area contributed by atoms with Crippen LogP contribution < -0.4 is 10.1 Å². The predicted octanol–water partition coefficient (Wildman–Crippen LogP) is 5.46. The topological polar surface area (TPSA) is 78.4 Å². The lowest BCUT2D eigenvalue weighted by molar-refractivity contribution is 0.0512. The van der Waals surface area contributed by atoms with Crippen molar-refractivity contribution in [3.05, 3.63) is 53.7 Å². The van der Waals surface area contributed by atoms with Crippen LogP contribution in [-0.4, -0.2) is 48.6 Å². The van der Waals surface area contributed by atoms with E-state index in [1.165, 1.54) is 0 Å². The van der Waals surface area contributed by atoms with E-state index in [1.807, 2.05) is 30.3 Å². The number of aromatic nitrogens is 3. The van der Waals surface area contributed by atoms with Crippen LogP contribution in [-0.2, 0) is 9.47 Å². The van der Waals surface area contributed by atoms with Gasteiger partial charge in [-0.1, -0.05) is 24.3 Å². The standard InChI is InChI=1S/C25H24ClFN4O3/c1-32-14-34-17-10-16-4-2-3-5-18(16)19(11-17)22-21(27)23-20(13-28-22)24(31-25(26)30-23)29-12-15-6-8-33-9-7-15/h2-5,10-11,13,15H,6-9,12,14H2,1H3,(H,29,30,31). The highest BCUT2D eigenvalue weighted by molar-refractivity contribution is 6.28. The van der Waals surface area contributed by atoms with Crippen LogP contribution in [0.5, 0.6) is 5.75 Å². The third-order valence-electron chi connectivity index (χ3n) is 5.99. The number of anilines is 1. The second kappa shape index (κ2) is 10.0. The van der Waals surface area contributed by atoms with Gasteiger partial charge in [0.2, 0.25) is 5.28 Å². The van der Waals surface area contributed by atoms with Gasteiger partial charge in [-0.2, -0.15) is 0 Å². The van der Waals surface area contributed by atoms with Crippen molar-refractivity contribution in [2.75, 3.05) is 39.0 Å². The van der Waals surface area contributed by atoms with Crippen LogP contribution in [0.2, 0.25) is 5.28 Å². The number of hydrogen-bond acceptors (Lipinski definition) is 7. The lowest BCUT2D eigenvalue weighted by atomic mass is 10.00. The number of ether oxygens (including phenoxy) is 3. The number of nitrogens with one attached hydrogen (secondary N) is 1. The Hall–Kier alpha value is -3.07. The van der Waals surface area contributed by atoms with Gasteiger partial charge in [0.1, 0.15) is 22.8 Å². The number of pyridine rings is 1. The van der Waals surface area contributed by atoms with Gasteiger partial charge in [-0.05, 0) is 53.3 Å². The van der Waals surface area contributed by atoms with Crippen molar-refractivity contribution in [3.63, 3.8) is 0 Å². The zero-order valence-electron chi connectivity index (χ0n) is 18.7. The normalized spacial score (nSPS) is 14.6. The smallest absolute Gasteiger partial charge is 0.225 e. The number of methoxy groups -OCH3 is 1. The summed E-state index contributed by atoms with van der Waals surface area (Å²) in [6.07, 6.45) is 3.53. The molecule has 176 valence electrons. The summed E-state index contributed by atoms with van der Waals surface area (Å²) in [7, 11) is 1.55. The van der Waals surface area contributed by atoms with Crippen LogP contribution in [0, 0.1) is 11.7 Å². The molecule has 1 fully saturated rings. The molecule has 7 nitrogen and oxygen atoms in total. The van der Waals surface area contributed by atoms with Gasteiger partial charge in [0.15, 0.2) is 12.6 Å². The van der Waals surface area contributed by atoms with E-state index >= 15 is 4.39 Å². The molecule has 0 aliphatic carbocycles. The molecule has 0 unspecified atom stereocenters. The Morgan fingerprint density at radius 3 is 2.79 bits per heavy atom. The summed E-state index contributed by atoms with van der Waals surface area (Å²) in [5.41, 5.74) is 0.874. The minimum Gasteiger partial charge on any atom is -0.468 e. The van der Waals surface area contributed by atoms with Gasteiger partial charge in [-0.15, -0.1) is 0 Å². The molecule has 1 saturated heterocycles. The maximum atomic E-state index is 15.9. The van der Waals surface area contributed by atoms with E-state index in [0.29, 0.717) is 35.0 Å². The lowest BCUT2D eigenvalue weighted by Crippen LogP contribution is -2.23. The molecule has 0 spiro atoms. The Labute approximate surface area is 201 Å². The molecule has 5 rings (SSSR count). The average molecular weight is 483 g/mol. The second-order valence-electron chi connectivity index (χ2n) is 8.20. The van der Waals surface area contributed by atoms with Gasteiger partial charge in [0, 0.05) is 38.6 Å². The third-order valence-corrected chi connectivity index (χ3v) is 6.16. The first-order chi connectivity index (χ1) is 16.6. The molecular weight excluding hydrogens is 459 g/mol. The zero-order chi connectivity index (χ0) is 23.5. The van der Waals surface area contributed by atoms with Crippen molar-refractivity contribution in [1.82, 2.24) is 15.0 Å². The molecule has 34 heavy (non-hydrogen) atoms. The highest BCUT2D eigenvalue weighted by atomic mass is 35.5. The fourth-order valence-corrected chi connectivity index (χ4v) is 4.40. The summed E-state index contributed by atoms with van der Waals surface area (Å²) >= 11 is 6.19. The Morgan fingerprint density at radius 2 is 1.97 bits per heavy atom. The number of benzene rings is 2. The van der Waals surface area contributed by atoms with E-state index < -0.39 is 5.82 Å². The van der Waals surface area contributed by atoms with Crippen LogP contribution >= 0.6 is 11.6 Å². The molecule has 9 heteroatoms. The van der Waals surface area contributed by atoms with Crippen molar-refractivity contribution in [1.29, 1.82) is 0 Å². The summed E-state index contributed by atoms with van der Waals surface area (Å²) in [6.45, 7) is 2.27. The molecule has 3 heterocycles. The largest absolute Gasteiger partial charge is 0.468 e. The van der Waals surface area contributed by atoms with E-state index in [2.05, 4.69) is 20.3 Å². The molecule has 1 N–H and O–H groups in total. The molecule has 4 aromatic rings. The predicted molar refractivity (Wildman–Crippen MR) is 130 cm³/mol. The van der Waals surface area contributed by atoms with Crippen LogP contribution in [0.4, 0.5) is 10.2 Å². The van der Waals surface area contributed by atoms with Crippen molar-refractivity contribution in [2.45, 2.75) is 12.8 Å². The molecule has 2 aromatic heterocycles. The third kappa shape index (κ3) is 4.61. The van der Waals surface area contributed by atoms with Gasteiger partial charge >= 0.3 is 0 Å². The quantitative estimate of drug-likeness (QED) is 0.277. The van der Waals surface area contributed by atoms with Crippen molar-refractivity contribution in [3.8, 4) is 17.0 Å². The molecule has 0 atom stereocenters. The number of hydrogen-bond donors (Lipinski definition) is 1.